The van der Waals surface area contributed by atoms with E-state index < -0.39 is 11.8 Å². The van der Waals surface area contributed by atoms with E-state index in [0.29, 0.717) is 12.0 Å². The number of carboxylic acid groups (broad SMARTS) is 1. The molecule has 0 atom stereocenters. The molecule has 0 aliphatic rings. The summed E-state index contributed by atoms with van der Waals surface area (Å²) in [5.41, 5.74) is 0.607. The number of aryl methyl sites for hydroxylation is 1. The van der Waals surface area contributed by atoms with Crippen LogP contribution in [-0.2, 0) is 11.2 Å². The Morgan fingerprint density at radius 3 is 2.73 bits per heavy atom. The molecule has 1 N–H and O–H groups in total. The molecule has 4 heteroatoms. The van der Waals surface area contributed by atoms with E-state index in [1.54, 1.807) is 0 Å². The fraction of sp³-hybridized carbons (Fsp3) is 0.273. The predicted molar refractivity (Wildman–Crippen MR) is 52.5 cm³/mol. The standard InChI is InChI=1S/C11H11FO3/c1-7-9(11(14)15)5-8(3-2-4-13)6-10(7)12/h4-6H,2-3H2,1H3,(H,14,15). The highest BCUT2D eigenvalue weighted by Gasteiger charge is 2.12. The number of aromatic carboxylic acids is 1. The monoisotopic (exact) mass is 210 g/mol. The van der Waals surface area contributed by atoms with E-state index in [4.69, 9.17) is 5.11 Å². The predicted octanol–water partition coefficient (Wildman–Crippen LogP) is 1.96. The second-order valence-corrected chi connectivity index (χ2v) is 3.26. The summed E-state index contributed by atoms with van der Waals surface area (Å²) in [5, 5.41) is 8.80. The summed E-state index contributed by atoms with van der Waals surface area (Å²) in [6, 6.07) is 2.68. The molecular weight excluding hydrogens is 199 g/mol. The van der Waals surface area contributed by atoms with E-state index in [0.717, 1.165) is 6.29 Å². The van der Waals surface area contributed by atoms with Crippen molar-refractivity contribution in [2.45, 2.75) is 19.8 Å². The highest BCUT2D eigenvalue weighted by molar-refractivity contribution is 5.89. The molecule has 15 heavy (non-hydrogen) atoms. The lowest BCUT2D eigenvalue weighted by atomic mass is 10.0. The molecule has 80 valence electrons. The van der Waals surface area contributed by atoms with Crippen molar-refractivity contribution in [3.63, 3.8) is 0 Å². The normalized spacial score (nSPS) is 10.0. The Kier molecular flexibility index (Phi) is 3.55. The van der Waals surface area contributed by atoms with Gasteiger partial charge in [-0.1, -0.05) is 0 Å². The molecule has 0 bridgehead atoms. The Hall–Kier alpha value is -1.71. The molecule has 0 radical (unpaired) electrons. The van der Waals surface area contributed by atoms with E-state index >= 15 is 0 Å². The molecule has 1 aromatic carbocycles. The first-order valence-electron chi connectivity index (χ1n) is 4.52. The van der Waals surface area contributed by atoms with Crippen LogP contribution in [0.15, 0.2) is 12.1 Å². The van der Waals surface area contributed by atoms with Crippen LogP contribution in [0.3, 0.4) is 0 Å². The van der Waals surface area contributed by atoms with E-state index in [2.05, 4.69) is 0 Å². The van der Waals surface area contributed by atoms with Crippen molar-refractivity contribution in [2.75, 3.05) is 0 Å². The average Bonchev–Trinajstić information content (AvgIpc) is 2.19. The minimum atomic E-state index is -1.15. The van der Waals surface area contributed by atoms with Crippen LogP contribution in [0.1, 0.15) is 27.9 Å². The summed E-state index contributed by atoms with van der Waals surface area (Å²) in [4.78, 5) is 20.9. The van der Waals surface area contributed by atoms with E-state index in [-0.39, 0.29) is 17.5 Å². The second-order valence-electron chi connectivity index (χ2n) is 3.26. The van der Waals surface area contributed by atoms with Crippen molar-refractivity contribution >= 4 is 12.3 Å². The number of hydrogen-bond donors (Lipinski definition) is 1. The molecule has 3 nitrogen and oxygen atoms in total. The van der Waals surface area contributed by atoms with Crippen LogP contribution in [0.2, 0.25) is 0 Å². The Morgan fingerprint density at radius 2 is 2.20 bits per heavy atom. The van der Waals surface area contributed by atoms with Gasteiger partial charge in [0.2, 0.25) is 0 Å². The lowest BCUT2D eigenvalue weighted by molar-refractivity contribution is -0.107. The highest BCUT2D eigenvalue weighted by Crippen LogP contribution is 2.16. The van der Waals surface area contributed by atoms with Crippen molar-refractivity contribution in [3.05, 3.63) is 34.6 Å². The number of carbonyl (C=O) groups excluding carboxylic acids is 1. The summed E-state index contributed by atoms with van der Waals surface area (Å²) in [7, 11) is 0. The molecular formula is C11H11FO3. The number of halogens is 1. The maximum Gasteiger partial charge on any atom is 0.336 e. The first kappa shape index (κ1) is 11.4. The number of carboxylic acids is 1. The SMILES string of the molecule is Cc1c(F)cc(CCC=O)cc1C(=O)O. The van der Waals surface area contributed by atoms with E-state index in [1.807, 2.05) is 0 Å². The fourth-order valence-corrected chi connectivity index (χ4v) is 1.33. The summed E-state index contributed by atoms with van der Waals surface area (Å²) in [6.45, 7) is 1.42. The van der Waals surface area contributed by atoms with Crippen LogP contribution in [0, 0.1) is 12.7 Å². The molecule has 0 heterocycles. The van der Waals surface area contributed by atoms with Gasteiger partial charge < -0.3 is 9.90 Å². The molecule has 1 rings (SSSR count). The minimum Gasteiger partial charge on any atom is -0.478 e. The third kappa shape index (κ3) is 2.62. The first-order chi connectivity index (χ1) is 7.06. The lowest BCUT2D eigenvalue weighted by Gasteiger charge is -2.05. The molecule has 0 unspecified atom stereocenters. The third-order valence-corrected chi connectivity index (χ3v) is 2.19. The average molecular weight is 210 g/mol. The van der Waals surface area contributed by atoms with Gasteiger partial charge in [0.05, 0.1) is 5.56 Å². The minimum absolute atomic E-state index is 0.0455. The molecule has 0 aliphatic heterocycles. The smallest absolute Gasteiger partial charge is 0.336 e. The van der Waals surface area contributed by atoms with Crippen LogP contribution < -0.4 is 0 Å². The molecule has 0 spiro atoms. The summed E-state index contributed by atoms with van der Waals surface area (Å²) >= 11 is 0. The largest absolute Gasteiger partial charge is 0.478 e. The van der Waals surface area contributed by atoms with Crippen molar-refractivity contribution in [2.24, 2.45) is 0 Å². The van der Waals surface area contributed by atoms with Gasteiger partial charge in [0, 0.05) is 6.42 Å². The van der Waals surface area contributed by atoms with Crippen molar-refractivity contribution in [1.82, 2.24) is 0 Å². The maximum absolute atomic E-state index is 13.3. The van der Waals surface area contributed by atoms with Crippen molar-refractivity contribution < 1.29 is 19.1 Å². The van der Waals surface area contributed by atoms with Crippen molar-refractivity contribution in [3.8, 4) is 0 Å². The van der Waals surface area contributed by atoms with Crippen LogP contribution in [0.25, 0.3) is 0 Å². The van der Waals surface area contributed by atoms with Crippen LogP contribution >= 0.6 is 0 Å². The molecule has 0 aliphatic carbocycles. The van der Waals surface area contributed by atoms with Gasteiger partial charge in [-0.05, 0) is 36.6 Å². The van der Waals surface area contributed by atoms with Gasteiger partial charge in [0.15, 0.2) is 0 Å². The summed E-state index contributed by atoms with van der Waals surface area (Å²) in [6.07, 6.45) is 1.35. The Bertz CT molecular complexity index is 399. The topological polar surface area (TPSA) is 54.4 Å². The number of benzene rings is 1. The summed E-state index contributed by atoms with van der Waals surface area (Å²) < 4.78 is 13.3. The first-order valence-corrected chi connectivity index (χ1v) is 4.52. The molecule has 0 amide bonds. The summed E-state index contributed by atoms with van der Waals surface area (Å²) in [5.74, 6) is -1.70. The van der Waals surface area contributed by atoms with Gasteiger partial charge in [-0.15, -0.1) is 0 Å². The van der Waals surface area contributed by atoms with Crippen LogP contribution in [0.4, 0.5) is 4.39 Å². The maximum atomic E-state index is 13.3. The van der Waals surface area contributed by atoms with Gasteiger partial charge in [0.1, 0.15) is 12.1 Å². The number of carbonyl (C=O) groups is 2. The van der Waals surface area contributed by atoms with Gasteiger partial charge in [-0.25, -0.2) is 9.18 Å². The van der Waals surface area contributed by atoms with Crippen molar-refractivity contribution in [1.29, 1.82) is 0 Å². The lowest BCUT2D eigenvalue weighted by Crippen LogP contribution is -2.03. The Balaban J connectivity index is 3.11. The van der Waals surface area contributed by atoms with E-state index in [9.17, 15) is 14.0 Å². The molecule has 0 fully saturated rings. The van der Waals surface area contributed by atoms with Gasteiger partial charge in [-0.2, -0.15) is 0 Å². The Morgan fingerprint density at radius 1 is 1.53 bits per heavy atom. The van der Waals surface area contributed by atoms with Gasteiger partial charge in [0.25, 0.3) is 0 Å². The van der Waals surface area contributed by atoms with Gasteiger partial charge >= 0.3 is 5.97 Å². The van der Waals surface area contributed by atoms with Crippen LogP contribution in [-0.4, -0.2) is 17.4 Å². The second kappa shape index (κ2) is 4.68. The quantitative estimate of drug-likeness (QED) is 0.773. The zero-order chi connectivity index (χ0) is 11.4. The van der Waals surface area contributed by atoms with Gasteiger partial charge in [-0.3, -0.25) is 0 Å². The highest BCUT2D eigenvalue weighted by atomic mass is 19.1. The molecule has 0 aromatic heterocycles. The molecule has 1 aromatic rings. The van der Waals surface area contributed by atoms with E-state index in [1.165, 1.54) is 19.1 Å². The Labute approximate surface area is 86.5 Å². The number of rotatable bonds is 4. The molecule has 0 saturated carbocycles. The zero-order valence-electron chi connectivity index (χ0n) is 8.29. The zero-order valence-corrected chi connectivity index (χ0v) is 8.29. The number of hydrogen-bond acceptors (Lipinski definition) is 2. The third-order valence-electron chi connectivity index (χ3n) is 2.19. The number of aldehydes is 1. The molecule has 0 saturated heterocycles. The van der Waals surface area contributed by atoms with Crippen LogP contribution in [0.5, 0.6) is 0 Å². The fourth-order valence-electron chi connectivity index (χ4n) is 1.33.